The lowest BCUT2D eigenvalue weighted by Gasteiger charge is -2.59. The molecule has 0 radical (unpaired) electrons. The Bertz CT molecular complexity index is 767. The van der Waals surface area contributed by atoms with Crippen LogP contribution >= 0.6 is 0 Å². The molecule has 3 fully saturated rings. The Morgan fingerprint density at radius 1 is 1.03 bits per heavy atom. The van der Waals surface area contributed by atoms with Gasteiger partial charge in [0.25, 0.3) is 0 Å². The molecule has 4 rings (SSSR count). The van der Waals surface area contributed by atoms with Crippen LogP contribution in [0.5, 0.6) is 0 Å². The van der Waals surface area contributed by atoms with Gasteiger partial charge in [0, 0.05) is 6.92 Å². The molecule has 0 amide bonds. The minimum Gasteiger partial charge on any atom is -0.462 e. The van der Waals surface area contributed by atoms with Crippen molar-refractivity contribution in [3.05, 3.63) is 11.6 Å². The Hall–Kier alpha value is -0.790. The van der Waals surface area contributed by atoms with Crippen molar-refractivity contribution in [3.63, 3.8) is 0 Å². The number of rotatable bonds is 7. The second-order valence-corrected chi connectivity index (χ2v) is 13.9. The summed E-state index contributed by atoms with van der Waals surface area (Å²) in [6, 6.07) is 0. The lowest BCUT2D eigenvalue weighted by atomic mass is 9.46. The summed E-state index contributed by atoms with van der Waals surface area (Å²) in [5.74, 6) is 6.04. The molecule has 4 aliphatic carbocycles. The lowest BCUT2D eigenvalue weighted by Crippen LogP contribution is -2.53. The van der Waals surface area contributed by atoms with Gasteiger partial charge in [-0.25, -0.2) is 0 Å². The average molecular weight is 471 g/mol. The van der Waals surface area contributed by atoms with Crippen LogP contribution in [0.3, 0.4) is 0 Å². The zero-order valence-corrected chi connectivity index (χ0v) is 23.7. The first-order valence-corrected chi connectivity index (χ1v) is 14.9. The Kier molecular flexibility index (Phi) is 7.67. The predicted octanol–water partition coefficient (Wildman–Crippen LogP) is 8.84. The number of esters is 1. The molecule has 34 heavy (non-hydrogen) atoms. The van der Waals surface area contributed by atoms with Gasteiger partial charge in [-0.2, -0.15) is 0 Å². The molecule has 4 aliphatic rings. The first-order valence-electron chi connectivity index (χ1n) is 14.9. The second kappa shape index (κ2) is 9.93. The zero-order valence-electron chi connectivity index (χ0n) is 23.7. The highest BCUT2D eigenvalue weighted by atomic mass is 16.5. The Morgan fingerprint density at radius 2 is 1.71 bits per heavy atom. The third kappa shape index (κ3) is 4.43. The van der Waals surface area contributed by atoms with Gasteiger partial charge in [0.2, 0.25) is 0 Å². The van der Waals surface area contributed by atoms with E-state index in [9.17, 15) is 4.79 Å². The largest absolute Gasteiger partial charge is 0.462 e. The van der Waals surface area contributed by atoms with E-state index >= 15 is 0 Å². The summed E-state index contributed by atoms with van der Waals surface area (Å²) in [5, 5.41) is 0. The van der Waals surface area contributed by atoms with E-state index in [2.05, 4.69) is 54.5 Å². The molecule has 2 nitrogen and oxygen atoms in total. The van der Waals surface area contributed by atoms with E-state index in [1.54, 1.807) is 6.92 Å². The van der Waals surface area contributed by atoms with Crippen LogP contribution in [-0.2, 0) is 9.53 Å². The second-order valence-electron chi connectivity index (χ2n) is 13.9. The van der Waals surface area contributed by atoms with Gasteiger partial charge in [-0.05, 0) is 110 Å². The summed E-state index contributed by atoms with van der Waals surface area (Å²) in [6.07, 6.45) is 16.1. The molecule has 0 N–H and O–H groups in total. The average Bonchev–Trinajstić information content (AvgIpc) is 3.13. The molecule has 0 aromatic carbocycles. The van der Waals surface area contributed by atoms with Crippen molar-refractivity contribution in [2.75, 3.05) is 0 Å². The molecule has 194 valence electrons. The maximum absolute atomic E-state index is 11.7. The fourth-order valence-corrected chi connectivity index (χ4v) is 9.97. The molecule has 0 aromatic rings. The number of allylic oxidation sites excluding steroid dienone is 2. The lowest BCUT2D eigenvalue weighted by molar-refractivity contribution is -0.158. The predicted molar refractivity (Wildman–Crippen MR) is 142 cm³/mol. The van der Waals surface area contributed by atoms with Crippen LogP contribution in [0.4, 0.5) is 0 Å². The van der Waals surface area contributed by atoms with Gasteiger partial charge in [0.05, 0.1) is 0 Å². The van der Waals surface area contributed by atoms with E-state index in [1.165, 1.54) is 57.8 Å². The normalized spacial score (nSPS) is 43.4. The van der Waals surface area contributed by atoms with Crippen molar-refractivity contribution in [2.45, 2.75) is 126 Å². The molecule has 0 heterocycles. The summed E-state index contributed by atoms with van der Waals surface area (Å²) in [4.78, 5) is 11.7. The molecular formula is C32H54O2. The van der Waals surface area contributed by atoms with Crippen LogP contribution in [0, 0.1) is 58.2 Å². The molecule has 3 saturated carbocycles. The van der Waals surface area contributed by atoms with Crippen molar-refractivity contribution in [1.82, 2.24) is 0 Å². The molecule has 0 aromatic heterocycles. The number of ether oxygens (including phenoxy) is 1. The molecule has 0 saturated heterocycles. The van der Waals surface area contributed by atoms with E-state index in [1.807, 2.05) is 5.57 Å². The van der Waals surface area contributed by atoms with E-state index in [0.29, 0.717) is 22.7 Å². The SMILES string of the molecule is CC[C@@H](CCC(C)C1CCC2C3=CC[C@H]4[C@H](C)C(OC(C)=O)CCC4(C)C3CCC21C)C(C)C. The molecule has 0 bridgehead atoms. The first kappa shape index (κ1) is 26.3. The minimum absolute atomic E-state index is 0.106. The van der Waals surface area contributed by atoms with E-state index in [-0.39, 0.29) is 12.1 Å². The zero-order chi connectivity index (χ0) is 24.8. The Balaban J connectivity index is 1.49. The van der Waals surface area contributed by atoms with Crippen LogP contribution < -0.4 is 0 Å². The van der Waals surface area contributed by atoms with Crippen molar-refractivity contribution < 1.29 is 9.53 Å². The molecular weight excluding hydrogens is 416 g/mol. The van der Waals surface area contributed by atoms with Crippen molar-refractivity contribution >= 4 is 5.97 Å². The third-order valence-corrected chi connectivity index (χ3v) is 12.1. The maximum atomic E-state index is 11.7. The van der Waals surface area contributed by atoms with Crippen molar-refractivity contribution in [1.29, 1.82) is 0 Å². The summed E-state index contributed by atoms with van der Waals surface area (Å²) < 4.78 is 5.76. The maximum Gasteiger partial charge on any atom is 0.302 e. The number of carbonyl (C=O) groups is 1. The van der Waals surface area contributed by atoms with Gasteiger partial charge in [-0.15, -0.1) is 0 Å². The molecule has 10 atom stereocenters. The highest BCUT2D eigenvalue weighted by molar-refractivity contribution is 5.66. The van der Waals surface area contributed by atoms with Crippen LogP contribution in [0.1, 0.15) is 120 Å². The van der Waals surface area contributed by atoms with Crippen molar-refractivity contribution in [3.8, 4) is 0 Å². The summed E-state index contributed by atoms with van der Waals surface area (Å²) in [6.45, 7) is 19.0. The van der Waals surface area contributed by atoms with Gasteiger partial charge in [-0.3, -0.25) is 4.79 Å². The smallest absolute Gasteiger partial charge is 0.302 e. The van der Waals surface area contributed by atoms with E-state index in [4.69, 9.17) is 4.74 Å². The third-order valence-electron chi connectivity index (χ3n) is 12.1. The first-order chi connectivity index (χ1) is 16.0. The van der Waals surface area contributed by atoms with Gasteiger partial charge in [0.1, 0.15) is 6.10 Å². The monoisotopic (exact) mass is 470 g/mol. The van der Waals surface area contributed by atoms with Crippen LogP contribution in [-0.4, -0.2) is 12.1 Å². The number of carbonyl (C=O) groups excluding carboxylic acids is 1. The van der Waals surface area contributed by atoms with Gasteiger partial charge >= 0.3 is 5.97 Å². The van der Waals surface area contributed by atoms with Crippen LogP contribution in [0.25, 0.3) is 0 Å². The fraction of sp³-hybridized carbons (Fsp3) is 0.906. The number of fused-ring (bicyclic) bond motifs is 5. The van der Waals surface area contributed by atoms with Gasteiger partial charge in [0.15, 0.2) is 0 Å². The number of hydrogen-bond acceptors (Lipinski definition) is 2. The highest BCUT2D eigenvalue weighted by Crippen LogP contribution is 2.67. The van der Waals surface area contributed by atoms with Crippen LogP contribution in [0.2, 0.25) is 0 Å². The molecule has 7 unspecified atom stereocenters. The molecule has 0 spiro atoms. The van der Waals surface area contributed by atoms with E-state index < -0.39 is 0 Å². The minimum atomic E-state index is -0.106. The highest BCUT2D eigenvalue weighted by Gasteiger charge is 2.59. The molecule has 0 aliphatic heterocycles. The fourth-order valence-electron chi connectivity index (χ4n) is 9.97. The topological polar surface area (TPSA) is 26.3 Å². The quantitative estimate of drug-likeness (QED) is 0.274. The number of hydrogen-bond donors (Lipinski definition) is 0. The summed E-state index contributed by atoms with van der Waals surface area (Å²) in [5.41, 5.74) is 2.75. The van der Waals surface area contributed by atoms with E-state index in [0.717, 1.165) is 41.9 Å². The Morgan fingerprint density at radius 3 is 2.35 bits per heavy atom. The summed E-state index contributed by atoms with van der Waals surface area (Å²) in [7, 11) is 0. The Labute approximate surface area is 211 Å². The van der Waals surface area contributed by atoms with Gasteiger partial charge in [-0.1, -0.05) is 73.0 Å². The summed E-state index contributed by atoms with van der Waals surface area (Å²) >= 11 is 0. The standard InChI is InChI=1S/C32H54O2/c1-9-24(20(2)3)11-10-21(4)26-14-15-28-25-12-13-27-22(5)30(34-23(6)33)17-19-32(27,8)29(25)16-18-31(26,28)7/h12,20-22,24,26-30H,9-11,13-19H2,1-8H3/t21?,22-,24-,26?,27-,28?,29?,30?,31?,32?/m0/s1. The van der Waals surface area contributed by atoms with Crippen LogP contribution in [0.15, 0.2) is 11.6 Å². The van der Waals surface area contributed by atoms with Crippen molar-refractivity contribution in [2.24, 2.45) is 58.2 Å². The van der Waals surface area contributed by atoms with Gasteiger partial charge < -0.3 is 4.74 Å². The molecule has 2 heteroatoms.